The molecular weight excluding hydrogens is 234 g/mol. The highest BCUT2D eigenvalue weighted by Crippen LogP contribution is 2.20. The Morgan fingerprint density at radius 3 is 2.67 bits per heavy atom. The van der Waals surface area contributed by atoms with Crippen molar-refractivity contribution in [3.8, 4) is 6.07 Å². The quantitative estimate of drug-likeness (QED) is 0.272. The molecule has 0 aliphatic rings. The Morgan fingerprint density at radius 1 is 1.50 bits per heavy atom. The lowest BCUT2D eigenvalue weighted by Crippen LogP contribution is -2.17. The standard InChI is InChI=1S/C11H11N5O2/c1-7(13)10(6-12)11(14)15-8-3-2-4-9(5-8)16(17)18/h2-5H,13H2,1H3,(H2,14,15). The molecule has 0 amide bonds. The molecule has 18 heavy (non-hydrogen) atoms. The molecule has 0 heterocycles. The van der Waals surface area contributed by atoms with Gasteiger partial charge >= 0.3 is 0 Å². The van der Waals surface area contributed by atoms with E-state index in [-0.39, 0.29) is 28.5 Å². The number of hydrogen-bond acceptors (Lipinski definition) is 5. The third-order valence-corrected chi connectivity index (χ3v) is 2.05. The van der Waals surface area contributed by atoms with Crippen molar-refractivity contribution in [1.29, 1.82) is 5.26 Å². The summed E-state index contributed by atoms with van der Waals surface area (Å²) in [5, 5.41) is 19.4. The molecule has 0 fully saturated rings. The van der Waals surface area contributed by atoms with Gasteiger partial charge in [-0.05, 0) is 13.0 Å². The highest BCUT2D eigenvalue weighted by atomic mass is 16.6. The van der Waals surface area contributed by atoms with Crippen LogP contribution in [0.5, 0.6) is 0 Å². The van der Waals surface area contributed by atoms with Gasteiger partial charge in [-0.1, -0.05) is 6.07 Å². The maximum atomic E-state index is 10.6. The average Bonchev–Trinajstić information content (AvgIpc) is 2.29. The minimum Gasteiger partial charge on any atom is -0.401 e. The Hall–Kier alpha value is -2.88. The van der Waals surface area contributed by atoms with E-state index in [4.69, 9.17) is 16.7 Å². The Balaban J connectivity index is 3.18. The van der Waals surface area contributed by atoms with Crippen molar-refractivity contribution in [3.63, 3.8) is 0 Å². The molecule has 0 spiro atoms. The molecule has 1 aromatic carbocycles. The minimum atomic E-state index is -0.537. The van der Waals surface area contributed by atoms with Crippen molar-refractivity contribution in [1.82, 2.24) is 0 Å². The first-order valence-corrected chi connectivity index (χ1v) is 4.91. The molecule has 1 rings (SSSR count). The number of hydrogen-bond donors (Lipinski definition) is 2. The Morgan fingerprint density at radius 2 is 2.17 bits per heavy atom. The van der Waals surface area contributed by atoms with Crippen molar-refractivity contribution in [2.45, 2.75) is 6.92 Å². The van der Waals surface area contributed by atoms with Gasteiger partial charge in [-0.3, -0.25) is 10.1 Å². The third-order valence-electron chi connectivity index (χ3n) is 2.05. The molecule has 92 valence electrons. The van der Waals surface area contributed by atoms with E-state index in [0.29, 0.717) is 0 Å². The van der Waals surface area contributed by atoms with E-state index in [1.807, 2.05) is 6.07 Å². The van der Waals surface area contributed by atoms with Crippen LogP contribution in [0.25, 0.3) is 0 Å². The summed E-state index contributed by atoms with van der Waals surface area (Å²) in [5.74, 6) is -0.0713. The van der Waals surface area contributed by atoms with Gasteiger partial charge in [0, 0.05) is 17.8 Å². The van der Waals surface area contributed by atoms with Crippen molar-refractivity contribution >= 4 is 17.2 Å². The summed E-state index contributed by atoms with van der Waals surface area (Å²) in [4.78, 5) is 14.0. The largest absolute Gasteiger partial charge is 0.401 e. The van der Waals surface area contributed by atoms with Crippen molar-refractivity contribution in [2.24, 2.45) is 16.5 Å². The molecule has 0 unspecified atom stereocenters. The zero-order valence-electron chi connectivity index (χ0n) is 9.62. The zero-order chi connectivity index (χ0) is 13.7. The van der Waals surface area contributed by atoms with Crippen LogP contribution in [0.15, 0.2) is 40.5 Å². The van der Waals surface area contributed by atoms with Gasteiger partial charge in [0.2, 0.25) is 0 Å². The molecule has 0 aliphatic heterocycles. The second-order valence-electron chi connectivity index (χ2n) is 3.44. The minimum absolute atomic E-state index is 0.0570. The van der Waals surface area contributed by atoms with Crippen LogP contribution in [0.2, 0.25) is 0 Å². The van der Waals surface area contributed by atoms with Crippen LogP contribution in [0.4, 0.5) is 11.4 Å². The van der Waals surface area contributed by atoms with E-state index in [2.05, 4.69) is 4.99 Å². The van der Waals surface area contributed by atoms with Crippen LogP contribution in [0.1, 0.15) is 6.92 Å². The number of nitrogens with zero attached hydrogens (tertiary/aromatic N) is 3. The second-order valence-corrected chi connectivity index (χ2v) is 3.44. The number of rotatable bonds is 3. The summed E-state index contributed by atoms with van der Waals surface area (Å²) >= 11 is 0. The SMILES string of the molecule is CC(N)=C(C#N)C(N)=Nc1cccc([N+](=O)[O-])c1. The van der Waals surface area contributed by atoms with Gasteiger partial charge in [-0.2, -0.15) is 5.26 Å². The van der Waals surface area contributed by atoms with Gasteiger partial charge < -0.3 is 11.5 Å². The fourth-order valence-corrected chi connectivity index (χ4v) is 1.22. The van der Waals surface area contributed by atoms with Crippen molar-refractivity contribution in [2.75, 3.05) is 0 Å². The van der Waals surface area contributed by atoms with E-state index in [9.17, 15) is 10.1 Å². The van der Waals surface area contributed by atoms with Gasteiger partial charge in [0.05, 0.1) is 10.6 Å². The highest BCUT2D eigenvalue weighted by molar-refractivity contribution is 6.02. The van der Waals surface area contributed by atoms with Crippen LogP contribution < -0.4 is 11.5 Å². The first-order valence-electron chi connectivity index (χ1n) is 4.91. The monoisotopic (exact) mass is 245 g/mol. The van der Waals surface area contributed by atoms with Crippen LogP contribution in [-0.2, 0) is 0 Å². The summed E-state index contributed by atoms with van der Waals surface area (Å²) in [7, 11) is 0. The number of allylic oxidation sites excluding steroid dienone is 1. The fourth-order valence-electron chi connectivity index (χ4n) is 1.22. The van der Waals surface area contributed by atoms with Gasteiger partial charge in [0.25, 0.3) is 5.69 Å². The van der Waals surface area contributed by atoms with E-state index in [1.54, 1.807) is 6.07 Å². The van der Waals surface area contributed by atoms with E-state index in [0.717, 1.165) is 0 Å². The molecule has 4 N–H and O–H groups in total. The number of benzene rings is 1. The molecule has 7 nitrogen and oxygen atoms in total. The maximum Gasteiger partial charge on any atom is 0.271 e. The lowest BCUT2D eigenvalue weighted by atomic mass is 10.2. The van der Waals surface area contributed by atoms with Crippen molar-refractivity contribution < 1.29 is 4.92 Å². The van der Waals surface area contributed by atoms with Crippen LogP contribution >= 0.6 is 0 Å². The predicted octanol–water partition coefficient (Wildman–Crippen LogP) is 1.34. The van der Waals surface area contributed by atoms with E-state index < -0.39 is 4.92 Å². The zero-order valence-corrected chi connectivity index (χ0v) is 9.62. The first kappa shape index (κ1) is 13.2. The molecule has 0 saturated carbocycles. The Bertz CT molecular complexity index is 579. The molecule has 1 aromatic rings. The smallest absolute Gasteiger partial charge is 0.271 e. The molecule has 0 bridgehead atoms. The van der Waals surface area contributed by atoms with Gasteiger partial charge in [-0.15, -0.1) is 0 Å². The van der Waals surface area contributed by atoms with Crippen molar-refractivity contribution in [3.05, 3.63) is 45.6 Å². The van der Waals surface area contributed by atoms with Gasteiger partial charge in [-0.25, -0.2) is 4.99 Å². The lowest BCUT2D eigenvalue weighted by Gasteiger charge is -2.01. The molecular formula is C11H11N5O2. The lowest BCUT2D eigenvalue weighted by molar-refractivity contribution is -0.384. The van der Waals surface area contributed by atoms with E-state index >= 15 is 0 Å². The molecule has 0 saturated heterocycles. The molecule has 0 aromatic heterocycles. The summed E-state index contributed by atoms with van der Waals surface area (Å²) in [6, 6.07) is 7.44. The van der Waals surface area contributed by atoms with Gasteiger partial charge in [0.15, 0.2) is 0 Å². The van der Waals surface area contributed by atoms with Crippen LogP contribution in [0.3, 0.4) is 0 Å². The first-order chi connectivity index (χ1) is 8.45. The molecule has 7 heteroatoms. The summed E-state index contributed by atoms with van der Waals surface area (Å²) in [6.45, 7) is 1.52. The number of aliphatic imine (C=N–C) groups is 1. The normalized spacial score (nSPS) is 12.6. The van der Waals surface area contributed by atoms with Crippen LogP contribution in [-0.4, -0.2) is 10.8 Å². The number of nitro groups is 1. The number of nitrogens with two attached hydrogens (primary N) is 2. The molecule has 0 radical (unpaired) electrons. The predicted molar refractivity (Wildman–Crippen MR) is 66.9 cm³/mol. The Labute approximate surface area is 103 Å². The highest BCUT2D eigenvalue weighted by Gasteiger charge is 2.08. The maximum absolute atomic E-state index is 10.6. The molecule has 0 atom stereocenters. The fraction of sp³-hybridized carbons (Fsp3) is 0.0909. The summed E-state index contributed by atoms with van der Waals surface area (Å²) < 4.78 is 0. The van der Waals surface area contributed by atoms with Crippen LogP contribution in [0, 0.1) is 21.4 Å². The number of amidine groups is 1. The Kier molecular flexibility index (Phi) is 3.99. The average molecular weight is 245 g/mol. The number of non-ortho nitro benzene ring substituents is 1. The number of nitriles is 1. The summed E-state index contributed by atoms with van der Waals surface area (Å²) in [5.41, 5.74) is 11.6. The third kappa shape index (κ3) is 3.05. The van der Waals surface area contributed by atoms with Gasteiger partial charge in [0.1, 0.15) is 17.5 Å². The molecule has 0 aliphatic carbocycles. The van der Waals surface area contributed by atoms with E-state index in [1.165, 1.54) is 25.1 Å². The topological polar surface area (TPSA) is 131 Å². The number of nitro benzene ring substituents is 1. The second kappa shape index (κ2) is 5.45. The summed E-state index contributed by atoms with van der Waals surface area (Å²) in [6.07, 6.45) is 0.